The fourth-order valence-corrected chi connectivity index (χ4v) is 1.68. The number of pyridine rings is 1. The maximum Gasteiger partial charge on any atom is 0.225 e. The molecule has 1 aromatic heterocycles. The number of nitrogens with one attached hydrogen (secondary N) is 1. The molecule has 0 bridgehead atoms. The van der Waals surface area contributed by atoms with E-state index in [2.05, 4.69) is 22.1 Å². The maximum atomic E-state index is 11.8. The molecule has 4 nitrogen and oxygen atoms in total. The number of hydrogen-bond donors (Lipinski definition) is 1. The Balaban J connectivity index is 1.78. The van der Waals surface area contributed by atoms with Crippen molar-refractivity contribution in [2.45, 2.75) is 12.8 Å². The topological polar surface area (TPSA) is 51.2 Å². The Morgan fingerprint density at radius 1 is 1.29 bits per heavy atom. The van der Waals surface area contributed by atoms with Gasteiger partial charge in [0.25, 0.3) is 0 Å². The van der Waals surface area contributed by atoms with Gasteiger partial charge in [0.15, 0.2) is 0 Å². The molecule has 21 heavy (non-hydrogen) atoms. The van der Waals surface area contributed by atoms with E-state index in [1.54, 1.807) is 43.8 Å². The Morgan fingerprint density at radius 3 is 2.76 bits per heavy atom. The normalized spacial score (nSPS) is 9.38. The highest BCUT2D eigenvalue weighted by Gasteiger charge is 2.01. The van der Waals surface area contributed by atoms with Crippen molar-refractivity contribution in [3.8, 4) is 17.6 Å². The molecule has 0 aliphatic rings. The van der Waals surface area contributed by atoms with Crippen LogP contribution in [0.3, 0.4) is 0 Å². The molecule has 0 fully saturated rings. The first-order valence-electron chi connectivity index (χ1n) is 6.61. The van der Waals surface area contributed by atoms with E-state index in [0.29, 0.717) is 12.8 Å². The summed E-state index contributed by atoms with van der Waals surface area (Å²) in [6.45, 7) is 0. The minimum atomic E-state index is -0.0550. The number of carbonyl (C=O) groups is 1. The molecule has 0 radical (unpaired) electrons. The molecule has 1 N–H and O–H groups in total. The van der Waals surface area contributed by atoms with Gasteiger partial charge in [-0.15, -0.1) is 0 Å². The number of benzene rings is 1. The highest BCUT2D eigenvalue weighted by atomic mass is 16.5. The van der Waals surface area contributed by atoms with E-state index in [9.17, 15) is 4.79 Å². The molecule has 106 valence electrons. The van der Waals surface area contributed by atoms with Crippen LogP contribution in [-0.4, -0.2) is 18.0 Å². The van der Waals surface area contributed by atoms with Gasteiger partial charge in [0.1, 0.15) is 5.75 Å². The van der Waals surface area contributed by atoms with Crippen LogP contribution in [0.15, 0.2) is 48.8 Å². The van der Waals surface area contributed by atoms with Gasteiger partial charge >= 0.3 is 0 Å². The van der Waals surface area contributed by atoms with E-state index in [-0.39, 0.29) is 5.91 Å². The van der Waals surface area contributed by atoms with Crippen molar-refractivity contribution in [2.75, 3.05) is 12.4 Å². The van der Waals surface area contributed by atoms with Crippen LogP contribution in [-0.2, 0) is 4.79 Å². The fraction of sp³-hybridized carbons (Fsp3) is 0.176. The Morgan fingerprint density at radius 2 is 2.10 bits per heavy atom. The van der Waals surface area contributed by atoms with Crippen molar-refractivity contribution in [1.29, 1.82) is 0 Å². The molecule has 4 heteroatoms. The summed E-state index contributed by atoms with van der Waals surface area (Å²) in [5.41, 5.74) is 1.61. The van der Waals surface area contributed by atoms with Gasteiger partial charge < -0.3 is 10.1 Å². The molecule has 0 spiro atoms. The number of rotatable bonds is 4. The summed E-state index contributed by atoms with van der Waals surface area (Å²) in [5.74, 6) is 6.64. The maximum absolute atomic E-state index is 11.8. The molecule has 0 saturated carbocycles. The lowest BCUT2D eigenvalue weighted by Gasteiger charge is -2.04. The van der Waals surface area contributed by atoms with Crippen LogP contribution < -0.4 is 10.1 Å². The molecule has 0 saturated heterocycles. The lowest BCUT2D eigenvalue weighted by molar-refractivity contribution is -0.116. The number of nitrogens with zero attached hydrogens (tertiary/aromatic N) is 1. The summed E-state index contributed by atoms with van der Waals surface area (Å²) in [5, 5.41) is 2.82. The van der Waals surface area contributed by atoms with Gasteiger partial charge in [-0.25, -0.2) is 0 Å². The van der Waals surface area contributed by atoms with Crippen LogP contribution in [0.5, 0.6) is 5.75 Å². The monoisotopic (exact) mass is 280 g/mol. The number of ether oxygens (including phenoxy) is 1. The zero-order valence-corrected chi connectivity index (χ0v) is 11.8. The molecule has 1 aromatic carbocycles. The van der Waals surface area contributed by atoms with Gasteiger partial charge in [-0.05, 0) is 36.4 Å². The summed E-state index contributed by atoms with van der Waals surface area (Å²) in [4.78, 5) is 15.7. The number of amides is 1. The number of carbonyl (C=O) groups excluding carboxylic acids is 1. The summed E-state index contributed by atoms with van der Waals surface area (Å²) in [6, 6.07) is 10.9. The third-order valence-electron chi connectivity index (χ3n) is 2.75. The second-order valence-corrected chi connectivity index (χ2v) is 4.32. The predicted molar refractivity (Wildman–Crippen MR) is 82.0 cm³/mol. The summed E-state index contributed by atoms with van der Waals surface area (Å²) < 4.78 is 5.06. The van der Waals surface area contributed by atoms with E-state index in [1.807, 2.05) is 12.1 Å². The van der Waals surface area contributed by atoms with Crippen LogP contribution in [0.4, 0.5) is 5.69 Å². The standard InChI is InChI=1S/C17H16N2O2/c1-21-16-10-8-15(9-11-16)19-17(20)7-3-2-5-14-6-4-12-18-13-14/h4,6,8-13H,3,7H2,1H3,(H,19,20). The van der Waals surface area contributed by atoms with Crippen molar-refractivity contribution >= 4 is 11.6 Å². The molecule has 1 amide bonds. The van der Waals surface area contributed by atoms with E-state index in [4.69, 9.17) is 4.74 Å². The van der Waals surface area contributed by atoms with Crippen LogP contribution >= 0.6 is 0 Å². The minimum Gasteiger partial charge on any atom is -0.497 e. The molecule has 0 unspecified atom stereocenters. The highest BCUT2D eigenvalue weighted by Crippen LogP contribution is 2.15. The van der Waals surface area contributed by atoms with Crippen LogP contribution in [0, 0.1) is 11.8 Å². The first kappa shape index (κ1) is 14.6. The summed E-state index contributed by atoms with van der Waals surface area (Å²) in [6.07, 6.45) is 4.27. The Labute approximate surface area is 124 Å². The largest absolute Gasteiger partial charge is 0.497 e. The van der Waals surface area contributed by atoms with Crippen LogP contribution in [0.25, 0.3) is 0 Å². The lowest BCUT2D eigenvalue weighted by atomic mass is 10.2. The van der Waals surface area contributed by atoms with E-state index < -0.39 is 0 Å². The molecular formula is C17H16N2O2. The quantitative estimate of drug-likeness (QED) is 0.876. The van der Waals surface area contributed by atoms with Crippen molar-refractivity contribution in [3.05, 3.63) is 54.4 Å². The summed E-state index contributed by atoms with van der Waals surface area (Å²) in [7, 11) is 1.61. The number of methoxy groups -OCH3 is 1. The Kier molecular flexibility index (Phi) is 5.36. The van der Waals surface area contributed by atoms with Crippen LogP contribution in [0.2, 0.25) is 0 Å². The molecular weight excluding hydrogens is 264 g/mol. The first-order chi connectivity index (χ1) is 10.3. The predicted octanol–water partition coefficient (Wildman–Crippen LogP) is 2.86. The number of anilines is 1. The smallest absolute Gasteiger partial charge is 0.225 e. The highest BCUT2D eigenvalue weighted by molar-refractivity contribution is 5.90. The van der Waals surface area contributed by atoms with E-state index in [1.165, 1.54) is 0 Å². The van der Waals surface area contributed by atoms with E-state index >= 15 is 0 Å². The molecule has 2 rings (SSSR count). The third-order valence-corrected chi connectivity index (χ3v) is 2.75. The molecule has 0 aliphatic heterocycles. The van der Waals surface area contributed by atoms with Crippen molar-refractivity contribution in [1.82, 2.24) is 4.98 Å². The van der Waals surface area contributed by atoms with Crippen molar-refractivity contribution in [3.63, 3.8) is 0 Å². The van der Waals surface area contributed by atoms with Crippen molar-refractivity contribution < 1.29 is 9.53 Å². The van der Waals surface area contributed by atoms with Crippen LogP contribution in [0.1, 0.15) is 18.4 Å². The van der Waals surface area contributed by atoms with Gasteiger partial charge in [-0.1, -0.05) is 11.8 Å². The SMILES string of the molecule is COc1ccc(NC(=O)CCC#Cc2cccnc2)cc1. The number of hydrogen-bond acceptors (Lipinski definition) is 3. The van der Waals surface area contributed by atoms with Crippen molar-refractivity contribution in [2.24, 2.45) is 0 Å². The zero-order chi connectivity index (χ0) is 14.9. The lowest BCUT2D eigenvalue weighted by Crippen LogP contribution is -2.10. The second-order valence-electron chi connectivity index (χ2n) is 4.32. The fourth-order valence-electron chi connectivity index (χ4n) is 1.68. The molecule has 0 aliphatic carbocycles. The van der Waals surface area contributed by atoms with Gasteiger partial charge in [0.2, 0.25) is 5.91 Å². The van der Waals surface area contributed by atoms with Gasteiger partial charge in [0, 0.05) is 36.5 Å². The van der Waals surface area contributed by atoms with E-state index in [0.717, 1.165) is 17.0 Å². The minimum absolute atomic E-state index is 0.0550. The average Bonchev–Trinajstić information content (AvgIpc) is 2.53. The Hall–Kier alpha value is -2.80. The molecule has 1 heterocycles. The Bertz CT molecular complexity index is 640. The number of aromatic nitrogens is 1. The summed E-state index contributed by atoms with van der Waals surface area (Å²) >= 11 is 0. The molecule has 2 aromatic rings. The zero-order valence-electron chi connectivity index (χ0n) is 11.8. The second kappa shape index (κ2) is 7.71. The third kappa shape index (κ3) is 5.00. The first-order valence-corrected chi connectivity index (χ1v) is 6.61. The molecule has 0 atom stereocenters. The van der Waals surface area contributed by atoms with Gasteiger partial charge in [-0.3, -0.25) is 9.78 Å². The van der Waals surface area contributed by atoms with Gasteiger partial charge in [-0.2, -0.15) is 0 Å². The average molecular weight is 280 g/mol. The van der Waals surface area contributed by atoms with Gasteiger partial charge in [0.05, 0.1) is 7.11 Å².